The Morgan fingerprint density at radius 2 is 1.87 bits per heavy atom. The van der Waals surface area contributed by atoms with E-state index >= 15 is 0 Å². The molecule has 120 valence electrons. The molecule has 6 nitrogen and oxygen atoms in total. The minimum Gasteiger partial charge on any atom is -0.478 e. The zero-order chi connectivity index (χ0) is 16.8. The van der Waals surface area contributed by atoms with Gasteiger partial charge in [0.2, 0.25) is 0 Å². The normalized spacial score (nSPS) is 10.0. The number of amides is 2. The molecule has 0 aliphatic carbocycles. The number of anilines is 1. The molecule has 0 aromatic heterocycles. The molecule has 0 radical (unpaired) electrons. The minimum absolute atomic E-state index is 0.00690. The number of carboxylic acids is 1. The predicted octanol–water partition coefficient (Wildman–Crippen LogP) is 3.16. The first-order valence-electron chi connectivity index (χ1n) is 7.04. The van der Waals surface area contributed by atoms with Crippen LogP contribution in [0.25, 0.3) is 0 Å². The van der Waals surface area contributed by atoms with Gasteiger partial charge in [0.1, 0.15) is 5.75 Å². The minimum atomic E-state index is -1.05. The van der Waals surface area contributed by atoms with E-state index in [1.165, 1.54) is 17.7 Å². The number of hydrogen-bond acceptors (Lipinski definition) is 3. The molecule has 6 heteroatoms. The van der Waals surface area contributed by atoms with Gasteiger partial charge in [0.25, 0.3) is 0 Å². The second-order valence-corrected chi connectivity index (χ2v) is 5.05. The Labute approximate surface area is 134 Å². The third-order valence-corrected chi connectivity index (χ3v) is 3.32. The number of aromatic carboxylic acids is 1. The molecule has 2 aromatic carbocycles. The number of rotatable bonds is 5. The van der Waals surface area contributed by atoms with Gasteiger partial charge in [0.05, 0.1) is 5.56 Å². The van der Waals surface area contributed by atoms with Crippen LogP contribution >= 0.6 is 0 Å². The molecule has 0 aliphatic heterocycles. The maximum atomic E-state index is 11.8. The standard InChI is InChI=1S/C17H18N2O4/c1-11-6-7-15(8-12(11)2)23-10-18-17(22)19-14-5-3-4-13(9-14)16(20)21/h3-9H,10H2,1-2H3,(H,20,21)(H2,18,19,22). The molecule has 0 atom stereocenters. The molecule has 2 aromatic rings. The molecular formula is C17H18N2O4. The number of aryl methyl sites for hydroxylation is 2. The van der Waals surface area contributed by atoms with E-state index in [0.717, 1.165) is 5.56 Å². The van der Waals surface area contributed by atoms with Crippen LogP contribution in [0.5, 0.6) is 5.75 Å². The maximum Gasteiger partial charge on any atom is 0.335 e. The Morgan fingerprint density at radius 3 is 2.57 bits per heavy atom. The van der Waals surface area contributed by atoms with Crippen LogP contribution in [0.3, 0.4) is 0 Å². The fourth-order valence-electron chi connectivity index (χ4n) is 1.89. The number of carboxylic acid groups (broad SMARTS) is 1. The van der Waals surface area contributed by atoms with Crippen molar-refractivity contribution in [3.8, 4) is 5.75 Å². The Morgan fingerprint density at radius 1 is 1.09 bits per heavy atom. The van der Waals surface area contributed by atoms with Crippen molar-refractivity contribution in [1.82, 2.24) is 5.32 Å². The summed E-state index contributed by atoms with van der Waals surface area (Å²) in [6, 6.07) is 11.2. The summed E-state index contributed by atoms with van der Waals surface area (Å²) in [5.74, 6) is -0.381. The number of benzene rings is 2. The largest absolute Gasteiger partial charge is 0.478 e. The summed E-state index contributed by atoms with van der Waals surface area (Å²) in [5.41, 5.74) is 2.78. The lowest BCUT2D eigenvalue weighted by molar-refractivity contribution is 0.0697. The molecule has 0 saturated carbocycles. The van der Waals surface area contributed by atoms with Crippen LogP contribution in [0.15, 0.2) is 42.5 Å². The monoisotopic (exact) mass is 314 g/mol. The molecule has 23 heavy (non-hydrogen) atoms. The van der Waals surface area contributed by atoms with Crippen molar-refractivity contribution >= 4 is 17.7 Å². The summed E-state index contributed by atoms with van der Waals surface area (Å²) in [6.45, 7) is 4.00. The van der Waals surface area contributed by atoms with Gasteiger partial charge < -0.3 is 20.5 Å². The van der Waals surface area contributed by atoms with Crippen LogP contribution in [-0.4, -0.2) is 23.8 Å². The highest BCUT2D eigenvalue weighted by molar-refractivity contribution is 5.93. The third-order valence-electron chi connectivity index (χ3n) is 3.32. The lowest BCUT2D eigenvalue weighted by atomic mass is 10.1. The average molecular weight is 314 g/mol. The average Bonchev–Trinajstić information content (AvgIpc) is 2.51. The number of urea groups is 1. The zero-order valence-corrected chi connectivity index (χ0v) is 12.9. The molecule has 0 heterocycles. The van der Waals surface area contributed by atoms with E-state index in [-0.39, 0.29) is 12.3 Å². The number of carbonyl (C=O) groups is 2. The highest BCUT2D eigenvalue weighted by Gasteiger charge is 2.06. The molecule has 3 N–H and O–H groups in total. The second-order valence-electron chi connectivity index (χ2n) is 5.05. The molecular weight excluding hydrogens is 296 g/mol. The SMILES string of the molecule is Cc1ccc(OCNC(=O)Nc2cccc(C(=O)O)c2)cc1C. The number of ether oxygens (including phenoxy) is 1. The molecule has 0 unspecified atom stereocenters. The Bertz CT molecular complexity index is 728. The van der Waals surface area contributed by atoms with Crippen molar-refractivity contribution in [1.29, 1.82) is 0 Å². The van der Waals surface area contributed by atoms with E-state index in [1.807, 2.05) is 32.0 Å². The fourth-order valence-corrected chi connectivity index (χ4v) is 1.89. The van der Waals surface area contributed by atoms with Gasteiger partial charge >= 0.3 is 12.0 Å². The van der Waals surface area contributed by atoms with Crippen molar-refractivity contribution in [2.45, 2.75) is 13.8 Å². The molecule has 0 fully saturated rings. The van der Waals surface area contributed by atoms with E-state index in [0.29, 0.717) is 11.4 Å². The van der Waals surface area contributed by atoms with Crippen LogP contribution in [0.2, 0.25) is 0 Å². The van der Waals surface area contributed by atoms with Crippen LogP contribution < -0.4 is 15.4 Å². The van der Waals surface area contributed by atoms with Crippen molar-refractivity contribution in [3.63, 3.8) is 0 Å². The number of nitrogens with one attached hydrogen (secondary N) is 2. The predicted molar refractivity (Wildman–Crippen MR) is 87.0 cm³/mol. The van der Waals surface area contributed by atoms with Crippen LogP contribution in [0.4, 0.5) is 10.5 Å². The maximum absolute atomic E-state index is 11.8. The van der Waals surface area contributed by atoms with Crippen molar-refractivity contribution in [3.05, 3.63) is 59.2 Å². The van der Waals surface area contributed by atoms with Gasteiger partial charge in [0, 0.05) is 5.69 Å². The first-order chi connectivity index (χ1) is 11.0. The lowest BCUT2D eigenvalue weighted by Gasteiger charge is -2.10. The quantitative estimate of drug-likeness (QED) is 0.740. The summed E-state index contributed by atoms with van der Waals surface area (Å²) < 4.78 is 5.45. The molecule has 0 aliphatic rings. The number of hydrogen-bond donors (Lipinski definition) is 3. The lowest BCUT2D eigenvalue weighted by Crippen LogP contribution is -2.32. The van der Waals surface area contributed by atoms with Crippen LogP contribution in [0, 0.1) is 13.8 Å². The molecule has 0 saturated heterocycles. The highest BCUT2D eigenvalue weighted by atomic mass is 16.5. The van der Waals surface area contributed by atoms with E-state index in [1.54, 1.807) is 12.1 Å². The summed E-state index contributed by atoms with van der Waals surface area (Å²) >= 11 is 0. The Balaban J connectivity index is 1.84. The first-order valence-corrected chi connectivity index (χ1v) is 7.04. The Hall–Kier alpha value is -3.02. The second kappa shape index (κ2) is 7.31. The fraction of sp³-hybridized carbons (Fsp3) is 0.176. The van der Waals surface area contributed by atoms with Crippen LogP contribution in [-0.2, 0) is 0 Å². The summed E-state index contributed by atoms with van der Waals surface area (Å²) in [4.78, 5) is 22.6. The van der Waals surface area contributed by atoms with E-state index < -0.39 is 12.0 Å². The first kappa shape index (κ1) is 16.4. The van der Waals surface area contributed by atoms with Gasteiger partial charge in [-0.1, -0.05) is 12.1 Å². The highest BCUT2D eigenvalue weighted by Crippen LogP contribution is 2.16. The van der Waals surface area contributed by atoms with E-state index in [4.69, 9.17) is 9.84 Å². The van der Waals surface area contributed by atoms with E-state index in [2.05, 4.69) is 10.6 Å². The summed E-state index contributed by atoms with van der Waals surface area (Å²) in [5, 5.41) is 14.0. The Kier molecular flexibility index (Phi) is 5.19. The number of carbonyl (C=O) groups excluding carboxylic acids is 1. The topological polar surface area (TPSA) is 87.7 Å². The van der Waals surface area contributed by atoms with Crippen molar-refractivity contribution in [2.75, 3.05) is 12.0 Å². The molecule has 0 bridgehead atoms. The summed E-state index contributed by atoms with van der Waals surface area (Å²) in [6.07, 6.45) is 0. The summed E-state index contributed by atoms with van der Waals surface area (Å²) in [7, 11) is 0. The van der Waals surface area contributed by atoms with Crippen LogP contribution in [0.1, 0.15) is 21.5 Å². The van der Waals surface area contributed by atoms with Gasteiger partial charge in [-0.25, -0.2) is 9.59 Å². The zero-order valence-electron chi connectivity index (χ0n) is 12.9. The van der Waals surface area contributed by atoms with Gasteiger partial charge in [-0.3, -0.25) is 0 Å². The third kappa shape index (κ3) is 4.74. The molecule has 0 spiro atoms. The van der Waals surface area contributed by atoms with Crippen molar-refractivity contribution < 1.29 is 19.4 Å². The van der Waals surface area contributed by atoms with Gasteiger partial charge in [-0.05, 0) is 55.3 Å². The molecule has 2 amide bonds. The molecule has 2 rings (SSSR count). The smallest absolute Gasteiger partial charge is 0.335 e. The van der Waals surface area contributed by atoms with E-state index in [9.17, 15) is 9.59 Å². The van der Waals surface area contributed by atoms with Gasteiger partial charge in [0.15, 0.2) is 6.73 Å². The van der Waals surface area contributed by atoms with Gasteiger partial charge in [-0.2, -0.15) is 0 Å². The van der Waals surface area contributed by atoms with Gasteiger partial charge in [-0.15, -0.1) is 0 Å². The van der Waals surface area contributed by atoms with Crippen molar-refractivity contribution in [2.24, 2.45) is 0 Å².